The number of hydrogen-bond acceptors (Lipinski definition) is 2. The van der Waals surface area contributed by atoms with E-state index >= 15 is 0 Å². The molecule has 1 rings (SSSR count). The highest BCUT2D eigenvalue weighted by Gasteiger charge is 2.14. The van der Waals surface area contributed by atoms with Crippen molar-refractivity contribution in [3.63, 3.8) is 0 Å². The lowest BCUT2D eigenvalue weighted by Gasteiger charge is -2.18. The molecule has 94 valence electrons. The monoisotopic (exact) mass is 259 g/mol. The van der Waals surface area contributed by atoms with Gasteiger partial charge < -0.3 is 9.64 Å². The second kappa shape index (κ2) is 6.45. The first-order valence-electron chi connectivity index (χ1n) is 5.28. The second-order valence-corrected chi connectivity index (χ2v) is 4.34. The highest BCUT2D eigenvalue weighted by molar-refractivity contribution is 6.30. The first-order valence-corrected chi connectivity index (χ1v) is 5.72. The smallest absolute Gasteiger partial charge is 0.240 e. The first kappa shape index (κ1) is 13.8. The summed E-state index contributed by atoms with van der Waals surface area (Å²) in [6.07, 6.45) is 0. The van der Waals surface area contributed by atoms with E-state index in [4.69, 9.17) is 16.3 Å². The fourth-order valence-corrected chi connectivity index (χ4v) is 1.44. The molecule has 0 spiro atoms. The predicted octanol–water partition coefficient (Wildman–Crippen LogP) is 2.29. The summed E-state index contributed by atoms with van der Waals surface area (Å²) in [5.74, 6) is -0.0550. The summed E-state index contributed by atoms with van der Waals surface area (Å²) < 4.78 is 18.1. The summed E-state index contributed by atoms with van der Waals surface area (Å²) in [7, 11) is 1.65. The van der Waals surface area contributed by atoms with Gasteiger partial charge in [-0.05, 0) is 19.1 Å². The number of likely N-dealkylation sites (N-methyl/N-ethyl adjacent to an activating group) is 1. The molecule has 0 bridgehead atoms. The van der Waals surface area contributed by atoms with Gasteiger partial charge in [0.25, 0.3) is 0 Å². The minimum absolute atomic E-state index is 0.158. The molecular formula is C12H15ClFNO2. The molecular weight excluding hydrogens is 245 g/mol. The van der Waals surface area contributed by atoms with Gasteiger partial charge in [0.1, 0.15) is 23.6 Å². The summed E-state index contributed by atoms with van der Waals surface area (Å²) in [5, 5.41) is -0.547. The van der Waals surface area contributed by atoms with Gasteiger partial charge in [-0.25, -0.2) is 4.39 Å². The van der Waals surface area contributed by atoms with Gasteiger partial charge in [-0.2, -0.15) is 0 Å². The summed E-state index contributed by atoms with van der Waals surface area (Å²) in [6.45, 7) is 2.33. The number of carbonyl (C=O) groups excluding carboxylic acids is 1. The van der Waals surface area contributed by atoms with Crippen LogP contribution < -0.4 is 4.74 Å². The third-order valence-corrected chi connectivity index (χ3v) is 2.39. The van der Waals surface area contributed by atoms with E-state index in [2.05, 4.69) is 0 Å². The van der Waals surface area contributed by atoms with Gasteiger partial charge in [-0.1, -0.05) is 6.07 Å². The summed E-state index contributed by atoms with van der Waals surface area (Å²) in [6, 6.07) is 5.87. The van der Waals surface area contributed by atoms with Gasteiger partial charge in [0.2, 0.25) is 5.91 Å². The number of halogens is 2. The van der Waals surface area contributed by atoms with Crippen molar-refractivity contribution in [2.24, 2.45) is 0 Å². The van der Waals surface area contributed by atoms with Crippen LogP contribution in [0, 0.1) is 5.82 Å². The number of alkyl halides is 1. The molecule has 1 atom stereocenters. The van der Waals surface area contributed by atoms with Crippen LogP contribution in [-0.2, 0) is 4.79 Å². The van der Waals surface area contributed by atoms with Crippen molar-refractivity contribution in [2.45, 2.75) is 12.3 Å². The Balaban J connectivity index is 2.35. The van der Waals surface area contributed by atoms with Crippen molar-refractivity contribution >= 4 is 17.5 Å². The molecule has 0 heterocycles. The number of ether oxygens (including phenoxy) is 1. The largest absolute Gasteiger partial charge is 0.492 e. The van der Waals surface area contributed by atoms with Crippen LogP contribution in [0.2, 0.25) is 0 Å². The standard InChI is InChI=1S/C12H15ClFNO2/c1-9(13)12(16)15(2)6-7-17-11-5-3-4-10(14)8-11/h3-5,8-9H,6-7H2,1-2H3. The fourth-order valence-electron chi connectivity index (χ4n) is 1.27. The molecule has 1 aromatic carbocycles. The van der Waals surface area contributed by atoms with Crippen LogP contribution in [0.3, 0.4) is 0 Å². The molecule has 3 nitrogen and oxygen atoms in total. The molecule has 0 fully saturated rings. The number of nitrogens with zero attached hydrogens (tertiary/aromatic N) is 1. The molecule has 0 aromatic heterocycles. The van der Waals surface area contributed by atoms with E-state index in [1.54, 1.807) is 26.1 Å². The molecule has 1 unspecified atom stereocenters. The molecule has 0 radical (unpaired) electrons. The molecule has 0 N–H and O–H groups in total. The number of rotatable bonds is 5. The highest BCUT2D eigenvalue weighted by atomic mass is 35.5. The van der Waals surface area contributed by atoms with Gasteiger partial charge in [0.15, 0.2) is 0 Å². The van der Waals surface area contributed by atoms with Crippen LogP contribution in [-0.4, -0.2) is 36.4 Å². The Morgan fingerprint density at radius 3 is 2.88 bits per heavy atom. The second-order valence-electron chi connectivity index (χ2n) is 3.68. The maximum Gasteiger partial charge on any atom is 0.240 e. The number of amides is 1. The van der Waals surface area contributed by atoms with E-state index < -0.39 is 5.38 Å². The Morgan fingerprint density at radius 2 is 2.29 bits per heavy atom. The molecule has 0 aliphatic heterocycles. The Labute approximate surface area is 105 Å². The molecule has 0 saturated heterocycles. The Hall–Kier alpha value is -1.29. The van der Waals surface area contributed by atoms with E-state index in [-0.39, 0.29) is 11.7 Å². The Kier molecular flexibility index (Phi) is 5.22. The molecule has 0 aliphatic rings. The average molecular weight is 260 g/mol. The number of carbonyl (C=O) groups is 1. The lowest BCUT2D eigenvalue weighted by Crippen LogP contribution is -2.35. The Bertz CT molecular complexity index is 385. The molecule has 0 aliphatic carbocycles. The zero-order valence-corrected chi connectivity index (χ0v) is 10.6. The summed E-state index contributed by atoms with van der Waals surface area (Å²) in [4.78, 5) is 12.9. The topological polar surface area (TPSA) is 29.5 Å². The lowest BCUT2D eigenvalue weighted by atomic mass is 10.3. The zero-order valence-electron chi connectivity index (χ0n) is 9.82. The van der Waals surface area contributed by atoms with Gasteiger partial charge in [0, 0.05) is 13.1 Å². The van der Waals surface area contributed by atoms with E-state index in [1.807, 2.05) is 0 Å². The third-order valence-electron chi connectivity index (χ3n) is 2.21. The normalized spacial score (nSPS) is 12.0. The average Bonchev–Trinajstić information content (AvgIpc) is 2.27. The van der Waals surface area contributed by atoms with Gasteiger partial charge in [-0.15, -0.1) is 11.6 Å². The van der Waals surface area contributed by atoms with Gasteiger partial charge >= 0.3 is 0 Å². The molecule has 1 amide bonds. The van der Waals surface area contributed by atoms with Crippen LogP contribution >= 0.6 is 11.6 Å². The minimum Gasteiger partial charge on any atom is -0.492 e. The summed E-state index contributed by atoms with van der Waals surface area (Å²) >= 11 is 5.66. The predicted molar refractivity (Wildman–Crippen MR) is 64.8 cm³/mol. The van der Waals surface area contributed by atoms with Crippen molar-refractivity contribution in [3.05, 3.63) is 30.1 Å². The van der Waals surface area contributed by atoms with E-state index in [0.717, 1.165) is 0 Å². The zero-order chi connectivity index (χ0) is 12.8. The van der Waals surface area contributed by atoms with E-state index in [1.165, 1.54) is 17.0 Å². The SMILES string of the molecule is CC(Cl)C(=O)N(C)CCOc1cccc(F)c1. The van der Waals surface area contributed by atoms with E-state index in [9.17, 15) is 9.18 Å². The number of hydrogen-bond donors (Lipinski definition) is 0. The Morgan fingerprint density at radius 1 is 1.59 bits per heavy atom. The quantitative estimate of drug-likeness (QED) is 0.760. The van der Waals surface area contributed by atoms with Crippen molar-refractivity contribution < 1.29 is 13.9 Å². The molecule has 17 heavy (non-hydrogen) atoms. The van der Waals surface area contributed by atoms with Crippen molar-refractivity contribution in [1.29, 1.82) is 0 Å². The van der Waals surface area contributed by atoms with Crippen LogP contribution in [0.15, 0.2) is 24.3 Å². The molecule has 5 heteroatoms. The fraction of sp³-hybridized carbons (Fsp3) is 0.417. The minimum atomic E-state index is -0.547. The first-order chi connectivity index (χ1) is 8.00. The van der Waals surface area contributed by atoms with E-state index in [0.29, 0.717) is 18.9 Å². The molecule has 1 aromatic rings. The van der Waals surface area contributed by atoms with Crippen molar-refractivity contribution in [3.8, 4) is 5.75 Å². The van der Waals surface area contributed by atoms with Crippen LogP contribution in [0.4, 0.5) is 4.39 Å². The van der Waals surface area contributed by atoms with Gasteiger partial charge in [-0.3, -0.25) is 4.79 Å². The maximum atomic E-state index is 12.8. The van der Waals surface area contributed by atoms with Gasteiger partial charge in [0.05, 0.1) is 6.54 Å². The van der Waals surface area contributed by atoms with Crippen LogP contribution in [0.1, 0.15) is 6.92 Å². The lowest BCUT2D eigenvalue weighted by molar-refractivity contribution is -0.129. The molecule has 0 saturated carbocycles. The van der Waals surface area contributed by atoms with Crippen LogP contribution in [0.5, 0.6) is 5.75 Å². The number of benzene rings is 1. The summed E-state index contributed by atoms with van der Waals surface area (Å²) in [5.41, 5.74) is 0. The van der Waals surface area contributed by atoms with Crippen molar-refractivity contribution in [2.75, 3.05) is 20.2 Å². The van der Waals surface area contributed by atoms with Crippen molar-refractivity contribution in [1.82, 2.24) is 4.90 Å². The van der Waals surface area contributed by atoms with Crippen LogP contribution in [0.25, 0.3) is 0 Å². The maximum absolute atomic E-state index is 12.8. The third kappa shape index (κ3) is 4.61. The highest BCUT2D eigenvalue weighted by Crippen LogP contribution is 2.11.